The van der Waals surface area contributed by atoms with Gasteiger partial charge in [-0.15, -0.1) is 0 Å². The van der Waals surface area contributed by atoms with Gasteiger partial charge < -0.3 is 15.0 Å². The van der Waals surface area contributed by atoms with E-state index in [-0.39, 0.29) is 11.3 Å². The van der Waals surface area contributed by atoms with E-state index in [9.17, 15) is 4.79 Å². The molecule has 2 aromatic carbocycles. The van der Waals surface area contributed by atoms with Gasteiger partial charge in [-0.2, -0.15) is 0 Å². The highest BCUT2D eigenvalue weighted by atomic mass is 16.5. The molecule has 1 unspecified atom stereocenters. The number of aromatic nitrogens is 1. The van der Waals surface area contributed by atoms with Crippen molar-refractivity contribution in [1.29, 1.82) is 0 Å². The number of carbonyl (C=O) groups is 1. The van der Waals surface area contributed by atoms with Crippen LogP contribution >= 0.6 is 0 Å². The van der Waals surface area contributed by atoms with E-state index in [2.05, 4.69) is 65.5 Å². The van der Waals surface area contributed by atoms with E-state index in [0.29, 0.717) is 6.54 Å². The topological polar surface area (TPSA) is 54.5 Å². The van der Waals surface area contributed by atoms with Gasteiger partial charge in [-0.1, -0.05) is 38.1 Å². The first-order chi connectivity index (χ1) is 13.9. The predicted molar refractivity (Wildman–Crippen MR) is 115 cm³/mol. The Morgan fingerprint density at radius 1 is 1.17 bits per heavy atom. The minimum atomic E-state index is -0.600. The first-order valence-electron chi connectivity index (χ1n) is 9.76. The summed E-state index contributed by atoms with van der Waals surface area (Å²) in [4.78, 5) is 19.2. The van der Waals surface area contributed by atoms with Gasteiger partial charge >= 0.3 is 0 Å². The van der Waals surface area contributed by atoms with Gasteiger partial charge in [-0.05, 0) is 47.5 Å². The van der Waals surface area contributed by atoms with Gasteiger partial charge in [0.2, 0.25) is 5.91 Å². The van der Waals surface area contributed by atoms with Crippen LogP contribution in [0.3, 0.4) is 0 Å². The number of anilines is 1. The minimum absolute atomic E-state index is 0.0404. The molecule has 3 heterocycles. The normalized spacial score (nSPS) is 22.0. The summed E-state index contributed by atoms with van der Waals surface area (Å²) in [6.45, 7) is 4.73. The lowest BCUT2D eigenvalue weighted by molar-refractivity contribution is -0.118. The predicted octanol–water partition coefficient (Wildman–Crippen LogP) is 3.88. The molecule has 1 amide bonds. The third kappa shape index (κ3) is 2.47. The second-order valence-corrected chi connectivity index (χ2v) is 8.20. The molecule has 0 aliphatic carbocycles. The van der Waals surface area contributed by atoms with E-state index in [1.54, 1.807) is 7.11 Å². The smallest absolute Gasteiger partial charge is 0.241 e. The summed E-state index contributed by atoms with van der Waals surface area (Å²) < 4.78 is 5.33. The molecule has 1 saturated heterocycles. The number of benzene rings is 2. The molecule has 5 heteroatoms. The molecule has 146 valence electrons. The number of carbonyl (C=O) groups excluding carboxylic acids is 1. The van der Waals surface area contributed by atoms with E-state index in [0.717, 1.165) is 27.9 Å². The Kier molecular flexibility index (Phi) is 3.72. The fraction of sp³-hybridized carbons (Fsp3) is 0.250. The fourth-order valence-corrected chi connectivity index (χ4v) is 4.70. The Bertz CT molecular complexity index is 1170. The van der Waals surface area contributed by atoms with Crippen LogP contribution in [0, 0.1) is 0 Å². The molecule has 0 bridgehead atoms. The number of amides is 1. The first-order valence-corrected chi connectivity index (χ1v) is 9.76. The number of pyridine rings is 1. The number of para-hydroxylation sites is 1. The Labute approximate surface area is 170 Å². The summed E-state index contributed by atoms with van der Waals surface area (Å²) in [5.41, 5.74) is 3.38. The quantitative estimate of drug-likeness (QED) is 0.743. The van der Waals surface area contributed by atoms with E-state index in [4.69, 9.17) is 4.74 Å². The monoisotopic (exact) mass is 385 g/mol. The van der Waals surface area contributed by atoms with Crippen LogP contribution in [0.4, 0.5) is 5.69 Å². The zero-order chi connectivity index (χ0) is 20.2. The number of ether oxygens (including phenoxy) is 1. The second kappa shape index (κ2) is 6.08. The van der Waals surface area contributed by atoms with Gasteiger partial charge in [0.15, 0.2) is 0 Å². The molecule has 0 saturated carbocycles. The number of nitrogens with one attached hydrogen (secondary N) is 1. The summed E-state index contributed by atoms with van der Waals surface area (Å²) >= 11 is 0. The van der Waals surface area contributed by atoms with E-state index < -0.39 is 5.66 Å². The Morgan fingerprint density at radius 3 is 2.83 bits per heavy atom. The zero-order valence-electron chi connectivity index (χ0n) is 16.8. The zero-order valence-corrected chi connectivity index (χ0v) is 16.8. The average Bonchev–Trinajstić information content (AvgIpc) is 3.16. The molecule has 1 N–H and O–H groups in total. The van der Waals surface area contributed by atoms with Crippen LogP contribution in [-0.2, 0) is 10.2 Å². The minimum Gasteiger partial charge on any atom is -0.497 e. The second-order valence-electron chi connectivity index (χ2n) is 8.20. The molecule has 1 atom stereocenters. The van der Waals surface area contributed by atoms with Crippen LogP contribution < -0.4 is 15.0 Å². The lowest BCUT2D eigenvalue weighted by atomic mass is 9.75. The van der Waals surface area contributed by atoms with Crippen LogP contribution in [-0.4, -0.2) is 30.2 Å². The maximum atomic E-state index is 12.4. The summed E-state index contributed by atoms with van der Waals surface area (Å²) in [5, 5.41) is 4.27. The van der Waals surface area contributed by atoms with Crippen LogP contribution in [0.5, 0.6) is 5.75 Å². The third-order valence-corrected chi connectivity index (χ3v) is 6.31. The van der Waals surface area contributed by atoms with Crippen LogP contribution in [0.2, 0.25) is 0 Å². The Hall–Kier alpha value is -3.34. The van der Waals surface area contributed by atoms with E-state index in [1.807, 2.05) is 30.5 Å². The summed E-state index contributed by atoms with van der Waals surface area (Å²) in [6, 6.07) is 16.3. The van der Waals surface area contributed by atoms with Gasteiger partial charge in [-0.3, -0.25) is 9.78 Å². The van der Waals surface area contributed by atoms with Crippen molar-refractivity contribution in [3.05, 3.63) is 71.9 Å². The fourth-order valence-electron chi connectivity index (χ4n) is 4.70. The Morgan fingerprint density at radius 2 is 2.00 bits per heavy atom. The highest BCUT2D eigenvalue weighted by Gasteiger charge is 2.59. The molecule has 0 radical (unpaired) electrons. The molecule has 1 aromatic heterocycles. The van der Waals surface area contributed by atoms with Gasteiger partial charge in [0.1, 0.15) is 11.4 Å². The van der Waals surface area contributed by atoms with Crippen molar-refractivity contribution < 1.29 is 9.53 Å². The van der Waals surface area contributed by atoms with E-state index >= 15 is 0 Å². The number of hydrogen-bond donors (Lipinski definition) is 1. The molecule has 3 aromatic rings. The van der Waals surface area contributed by atoms with Crippen molar-refractivity contribution in [3.63, 3.8) is 0 Å². The SMILES string of the molecule is COc1ccc2ncc(C=CC34NC(=O)CN3c3ccccc3C4(C)C)cc2c1. The largest absolute Gasteiger partial charge is 0.497 e. The number of fused-ring (bicyclic) bond motifs is 4. The summed E-state index contributed by atoms with van der Waals surface area (Å²) in [7, 11) is 1.66. The highest BCUT2D eigenvalue weighted by Crippen LogP contribution is 2.52. The molecule has 2 aliphatic heterocycles. The maximum absolute atomic E-state index is 12.4. The van der Waals surface area contributed by atoms with Gasteiger partial charge in [0, 0.05) is 22.7 Å². The lowest BCUT2D eigenvalue weighted by Crippen LogP contribution is -2.58. The van der Waals surface area contributed by atoms with Crippen molar-refractivity contribution in [1.82, 2.24) is 10.3 Å². The van der Waals surface area contributed by atoms with Crippen LogP contribution in [0.1, 0.15) is 25.0 Å². The third-order valence-electron chi connectivity index (χ3n) is 6.31. The maximum Gasteiger partial charge on any atom is 0.241 e. The highest BCUT2D eigenvalue weighted by molar-refractivity contribution is 5.92. The number of nitrogens with zero attached hydrogens (tertiary/aromatic N) is 2. The standard InChI is InChI=1S/C24H23N3O2/c1-23(2)19-6-4-5-7-21(19)27-15-22(28)26-24(23,27)11-10-16-12-17-13-18(29-3)8-9-20(17)25-14-16/h4-14H,15H2,1-3H3,(H,26,28). The van der Waals surface area contributed by atoms with Crippen LogP contribution in [0.15, 0.2) is 60.8 Å². The Balaban J connectivity index is 1.59. The van der Waals surface area contributed by atoms with Crippen LogP contribution in [0.25, 0.3) is 17.0 Å². The molecule has 5 nitrogen and oxygen atoms in total. The number of methoxy groups -OCH3 is 1. The number of hydrogen-bond acceptors (Lipinski definition) is 4. The molecular weight excluding hydrogens is 362 g/mol. The van der Waals surface area contributed by atoms with Gasteiger partial charge in [0.05, 0.1) is 19.2 Å². The molecule has 2 aliphatic rings. The van der Waals surface area contributed by atoms with Gasteiger partial charge in [0.25, 0.3) is 0 Å². The molecule has 1 fully saturated rings. The van der Waals surface area contributed by atoms with Crippen molar-refractivity contribution in [3.8, 4) is 5.75 Å². The molecule has 29 heavy (non-hydrogen) atoms. The van der Waals surface area contributed by atoms with Crippen molar-refractivity contribution in [2.24, 2.45) is 0 Å². The van der Waals surface area contributed by atoms with Gasteiger partial charge in [-0.25, -0.2) is 0 Å². The molecule has 5 rings (SSSR count). The van der Waals surface area contributed by atoms with Crippen molar-refractivity contribution in [2.75, 3.05) is 18.6 Å². The van der Waals surface area contributed by atoms with Crippen molar-refractivity contribution >= 4 is 28.6 Å². The number of rotatable bonds is 3. The molecular formula is C24H23N3O2. The summed E-state index contributed by atoms with van der Waals surface area (Å²) in [5.74, 6) is 0.847. The van der Waals surface area contributed by atoms with E-state index in [1.165, 1.54) is 5.56 Å². The summed E-state index contributed by atoms with van der Waals surface area (Å²) in [6.07, 6.45) is 6.03. The van der Waals surface area contributed by atoms with Crippen molar-refractivity contribution in [2.45, 2.75) is 24.9 Å². The first kappa shape index (κ1) is 17.7. The average molecular weight is 385 g/mol. The molecule has 0 spiro atoms. The lowest BCUT2D eigenvalue weighted by Gasteiger charge is -2.40.